The number of aliphatic imine (C=N–C) groups is 1. The number of fused-ring (bicyclic) bond motifs is 3. The molecule has 0 heterocycles. The summed E-state index contributed by atoms with van der Waals surface area (Å²) in [5, 5.41) is 10.1. The van der Waals surface area contributed by atoms with Crippen molar-refractivity contribution in [2.45, 2.75) is 57.9 Å². The maximum absolute atomic E-state index is 10.1. The Kier molecular flexibility index (Phi) is 8.65. The van der Waals surface area contributed by atoms with E-state index < -0.39 is 20.8 Å². The van der Waals surface area contributed by atoms with E-state index in [-0.39, 0.29) is 0 Å². The van der Waals surface area contributed by atoms with Gasteiger partial charge in [-0.2, -0.15) is 0 Å². The number of rotatable bonds is 2. The van der Waals surface area contributed by atoms with Gasteiger partial charge in [-0.15, -0.1) is 0 Å². The molecule has 0 amide bonds. The zero-order valence-electron chi connectivity index (χ0n) is 13.6. The minimum absolute atomic E-state index is 0.380. The molecule has 5 heteroatoms. The molecule has 0 aliphatic heterocycles. The van der Waals surface area contributed by atoms with Crippen molar-refractivity contribution >= 4 is 23.2 Å². The number of hydrogen-bond acceptors (Lipinski definition) is 2. The third-order valence-corrected chi connectivity index (χ3v) is 5.11. The second-order valence-electron chi connectivity index (χ2n) is 6.73. The Morgan fingerprint density at radius 2 is 1.74 bits per heavy atom. The molecule has 2 aliphatic carbocycles. The summed E-state index contributed by atoms with van der Waals surface area (Å²) in [5.41, 5.74) is 1.78. The molecule has 2 atom stereocenters. The van der Waals surface area contributed by atoms with E-state index in [9.17, 15) is 5.11 Å². The van der Waals surface area contributed by atoms with E-state index in [2.05, 4.69) is 0 Å². The van der Waals surface area contributed by atoms with Crippen LogP contribution in [0.25, 0.3) is 0 Å². The second kappa shape index (κ2) is 10.2. The molecule has 2 fully saturated rings. The van der Waals surface area contributed by atoms with Gasteiger partial charge in [-0.25, -0.2) is 0 Å². The van der Waals surface area contributed by atoms with Crippen LogP contribution in [0.4, 0.5) is 0 Å². The van der Waals surface area contributed by atoms with Gasteiger partial charge < -0.3 is 5.11 Å². The molecule has 126 valence electrons. The summed E-state index contributed by atoms with van der Waals surface area (Å²) in [6.45, 7) is 1.93. The first kappa shape index (κ1) is 19.5. The summed E-state index contributed by atoms with van der Waals surface area (Å²) < 4.78 is 0. The van der Waals surface area contributed by atoms with Gasteiger partial charge in [-0.1, -0.05) is 44.2 Å². The van der Waals surface area contributed by atoms with Gasteiger partial charge in [0, 0.05) is 11.8 Å². The predicted octanol–water partition coefficient (Wildman–Crippen LogP) is 5.85. The maximum atomic E-state index is 10.1. The zero-order chi connectivity index (χ0) is 16.7. The fraction of sp³-hybridized carbons (Fsp3) is 0.611. The molecular weight excluding hydrogens is 408 g/mol. The van der Waals surface area contributed by atoms with E-state index in [0.29, 0.717) is 11.8 Å². The normalized spacial score (nSPS) is 27.0. The van der Waals surface area contributed by atoms with Gasteiger partial charge in [-0.05, 0) is 43.2 Å². The quantitative estimate of drug-likeness (QED) is 0.583. The molecule has 23 heavy (non-hydrogen) atoms. The molecule has 1 N–H and O–H groups in total. The first-order valence-corrected chi connectivity index (χ1v) is 14.7. The van der Waals surface area contributed by atoms with Crippen molar-refractivity contribution in [2.24, 2.45) is 16.8 Å². The number of benzene rings is 1. The summed E-state index contributed by atoms with van der Waals surface area (Å²) in [4.78, 5) is 4.81. The van der Waals surface area contributed by atoms with Crippen LogP contribution >= 0.6 is 17.0 Å². The Labute approximate surface area is 158 Å². The van der Waals surface area contributed by atoms with Crippen LogP contribution in [-0.2, 0) is 20.8 Å². The molecule has 0 saturated heterocycles. The average Bonchev–Trinajstić information content (AvgIpc) is 2.84. The average molecular weight is 434 g/mol. The first-order valence-electron chi connectivity index (χ1n) is 8.42. The SMILES string of the molecule is Cc1cccc(C=NC2CC3CCCC(CC3)C2)c1O.[Cl][Zr][Cl]. The van der Waals surface area contributed by atoms with Crippen LogP contribution in [0.1, 0.15) is 56.1 Å². The van der Waals surface area contributed by atoms with Crippen molar-refractivity contribution in [1.82, 2.24) is 0 Å². The molecule has 0 spiro atoms. The molecule has 1 aromatic rings. The number of para-hydroxylation sites is 1. The fourth-order valence-electron chi connectivity index (χ4n) is 3.89. The van der Waals surface area contributed by atoms with Crippen molar-refractivity contribution in [3.63, 3.8) is 0 Å². The molecule has 2 bridgehead atoms. The Morgan fingerprint density at radius 3 is 2.35 bits per heavy atom. The van der Waals surface area contributed by atoms with Crippen LogP contribution in [-0.4, -0.2) is 17.4 Å². The number of halogens is 2. The van der Waals surface area contributed by atoms with Gasteiger partial charge in [-0.3, -0.25) is 4.99 Å². The monoisotopic (exact) mass is 431 g/mol. The summed E-state index contributed by atoms with van der Waals surface area (Å²) in [6, 6.07) is 6.33. The number of phenolic OH excluding ortho intramolecular Hbond substituents is 1. The van der Waals surface area contributed by atoms with E-state index in [4.69, 9.17) is 22.0 Å². The Morgan fingerprint density at radius 1 is 1.13 bits per heavy atom. The van der Waals surface area contributed by atoms with Crippen molar-refractivity contribution in [1.29, 1.82) is 0 Å². The van der Waals surface area contributed by atoms with Gasteiger partial charge in [0.1, 0.15) is 5.75 Å². The van der Waals surface area contributed by atoms with Gasteiger partial charge in [0.15, 0.2) is 0 Å². The summed E-state index contributed by atoms with van der Waals surface area (Å²) in [6.07, 6.45) is 11.4. The predicted molar refractivity (Wildman–Crippen MR) is 95.2 cm³/mol. The fourth-order valence-corrected chi connectivity index (χ4v) is 3.89. The van der Waals surface area contributed by atoms with Crippen molar-refractivity contribution < 1.29 is 26.0 Å². The van der Waals surface area contributed by atoms with Crippen LogP contribution in [0.5, 0.6) is 5.75 Å². The van der Waals surface area contributed by atoms with Gasteiger partial charge >= 0.3 is 37.9 Å². The second-order valence-corrected chi connectivity index (χ2v) is 10.5. The number of nitrogens with zero attached hydrogens (tertiary/aromatic N) is 1. The molecule has 3 rings (SSSR count). The van der Waals surface area contributed by atoms with E-state index in [1.165, 1.54) is 44.9 Å². The van der Waals surface area contributed by atoms with Crippen LogP contribution in [0, 0.1) is 18.8 Å². The van der Waals surface area contributed by atoms with Crippen LogP contribution < -0.4 is 0 Å². The summed E-state index contributed by atoms with van der Waals surface area (Å²) in [7, 11) is 9.87. The third-order valence-electron chi connectivity index (χ3n) is 5.11. The minimum atomic E-state index is -0.826. The van der Waals surface area contributed by atoms with Gasteiger partial charge in [0.05, 0.1) is 6.04 Å². The number of aryl methyl sites for hydroxylation is 1. The summed E-state index contributed by atoms with van der Waals surface area (Å²) in [5.74, 6) is 2.15. The first-order chi connectivity index (χ1) is 11.1. The number of phenols is 1. The molecule has 0 radical (unpaired) electrons. The number of aromatic hydroxyl groups is 1. The molecule has 2 saturated carbocycles. The molecule has 1 aromatic carbocycles. The van der Waals surface area contributed by atoms with E-state index in [1.807, 2.05) is 31.3 Å². The van der Waals surface area contributed by atoms with E-state index >= 15 is 0 Å². The van der Waals surface area contributed by atoms with Crippen LogP contribution in [0.15, 0.2) is 23.2 Å². The Balaban J connectivity index is 0.000000595. The molecule has 2 unspecified atom stereocenters. The van der Waals surface area contributed by atoms with Crippen LogP contribution in [0.2, 0.25) is 0 Å². The molecule has 0 aromatic heterocycles. The van der Waals surface area contributed by atoms with E-state index in [1.54, 1.807) is 0 Å². The van der Waals surface area contributed by atoms with Crippen molar-refractivity contribution in [2.75, 3.05) is 0 Å². The van der Waals surface area contributed by atoms with Gasteiger partial charge in [0.2, 0.25) is 0 Å². The third kappa shape index (κ3) is 6.18. The van der Waals surface area contributed by atoms with Crippen molar-refractivity contribution in [3.8, 4) is 5.75 Å². The molecular formula is C18H25Cl2NOZr. The van der Waals surface area contributed by atoms with Crippen LogP contribution in [0.3, 0.4) is 0 Å². The van der Waals surface area contributed by atoms with Crippen molar-refractivity contribution in [3.05, 3.63) is 29.3 Å². The standard InChI is InChI=1S/C18H25NO.2ClH.Zr/c1-13-4-2-7-16(18(13)20)12-19-17-10-14-5-3-6-15(11-17)9-8-14;;;/h2,4,7,12,14-15,17,20H,3,5-6,8-11H2,1H3;2*1H;/q;;;+2/p-2. The van der Waals surface area contributed by atoms with Gasteiger partial charge in [0.25, 0.3) is 0 Å². The molecule has 2 nitrogen and oxygen atoms in total. The van der Waals surface area contributed by atoms with E-state index in [0.717, 1.165) is 23.0 Å². The Bertz CT molecular complexity index is 510. The topological polar surface area (TPSA) is 32.6 Å². The summed E-state index contributed by atoms with van der Waals surface area (Å²) >= 11 is -0.826. The zero-order valence-corrected chi connectivity index (χ0v) is 17.6. The molecule has 2 aliphatic rings. The number of hydrogen-bond donors (Lipinski definition) is 1. The Hall–Kier alpha value is 0.153.